The van der Waals surface area contributed by atoms with Crippen molar-refractivity contribution < 1.29 is 9.21 Å². The fourth-order valence-electron chi connectivity index (χ4n) is 4.18. The van der Waals surface area contributed by atoms with Gasteiger partial charge in [-0.3, -0.25) is 14.7 Å². The first-order valence-electron chi connectivity index (χ1n) is 8.68. The van der Waals surface area contributed by atoms with Crippen molar-refractivity contribution in [3.05, 3.63) is 54.2 Å². The summed E-state index contributed by atoms with van der Waals surface area (Å²) in [6, 6.07) is 7.84. The van der Waals surface area contributed by atoms with Gasteiger partial charge in [-0.15, -0.1) is 0 Å². The number of carbonyl (C=O) groups excluding carboxylic acids is 1. The van der Waals surface area contributed by atoms with E-state index >= 15 is 0 Å². The Bertz CT molecular complexity index is 686. The zero-order valence-electron chi connectivity index (χ0n) is 13.9. The quantitative estimate of drug-likeness (QED) is 0.871. The lowest BCUT2D eigenvalue weighted by Crippen LogP contribution is -2.45. The van der Waals surface area contributed by atoms with Crippen molar-refractivity contribution >= 4 is 5.91 Å². The molecule has 126 valence electrons. The third-order valence-electron chi connectivity index (χ3n) is 5.35. The summed E-state index contributed by atoms with van der Waals surface area (Å²) in [5.74, 6) is 0.0995. The molecule has 1 spiro atoms. The predicted octanol–water partition coefficient (Wildman–Crippen LogP) is 2.80. The third-order valence-corrected chi connectivity index (χ3v) is 5.35. The van der Waals surface area contributed by atoms with Crippen LogP contribution in [-0.2, 0) is 6.54 Å². The normalized spacial score (nSPS) is 24.6. The summed E-state index contributed by atoms with van der Waals surface area (Å²) in [6.07, 6.45) is 8.46. The zero-order chi connectivity index (χ0) is 16.4. The summed E-state index contributed by atoms with van der Waals surface area (Å²) >= 11 is 0. The summed E-state index contributed by atoms with van der Waals surface area (Å²) in [6.45, 7) is 4.78. The fraction of sp³-hybridized carbons (Fsp3) is 0.474. The second-order valence-electron chi connectivity index (χ2n) is 7.12. The van der Waals surface area contributed by atoms with Gasteiger partial charge in [-0.25, -0.2) is 0 Å². The van der Waals surface area contributed by atoms with Gasteiger partial charge in [-0.2, -0.15) is 0 Å². The van der Waals surface area contributed by atoms with Crippen LogP contribution in [0.2, 0.25) is 0 Å². The van der Waals surface area contributed by atoms with Gasteiger partial charge < -0.3 is 9.32 Å². The van der Waals surface area contributed by atoms with Gasteiger partial charge in [-0.1, -0.05) is 6.07 Å². The van der Waals surface area contributed by atoms with E-state index in [0.29, 0.717) is 5.56 Å². The number of piperidine rings is 1. The summed E-state index contributed by atoms with van der Waals surface area (Å²) in [4.78, 5) is 21.5. The number of hydrogen-bond acceptors (Lipinski definition) is 4. The molecule has 5 nitrogen and oxygen atoms in total. The Labute approximate surface area is 142 Å². The topological polar surface area (TPSA) is 49.6 Å². The van der Waals surface area contributed by atoms with Crippen LogP contribution in [0.15, 0.2) is 47.4 Å². The van der Waals surface area contributed by atoms with Gasteiger partial charge >= 0.3 is 0 Å². The minimum absolute atomic E-state index is 0.0995. The number of furan rings is 1. The molecule has 2 aliphatic rings. The maximum atomic E-state index is 12.5. The molecule has 4 heterocycles. The smallest absolute Gasteiger partial charge is 0.257 e. The Balaban J connectivity index is 1.41. The molecule has 2 saturated heterocycles. The van der Waals surface area contributed by atoms with Gasteiger partial charge in [0.1, 0.15) is 6.26 Å². The lowest BCUT2D eigenvalue weighted by molar-refractivity contribution is 0.0672. The molecular weight excluding hydrogens is 302 g/mol. The minimum Gasteiger partial charge on any atom is -0.472 e. The highest BCUT2D eigenvalue weighted by molar-refractivity contribution is 5.94. The van der Waals surface area contributed by atoms with Gasteiger partial charge in [-0.05, 0) is 44.0 Å². The molecule has 2 aromatic rings. The van der Waals surface area contributed by atoms with Crippen molar-refractivity contribution in [1.29, 1.82) is 0 Å². The molecule has 0 saturated carbocycles. The molecule has 4 rings (SSSR count). The van der Waals surface area contributed by atoms with Gasteiger partial charge in [0.05, 0.1) is 17.5 Å². The van der Waals surface area contributed by atoms with E-state index in [1.54, 1.807) is 18.6 Å². The molecule has 0 N–H and O–H groups in total. The van der Waals surface area contributed by atoms with Gasteiger partial charge in [0.25, 0.3) is 5.91 Å². The lowest BCUT2D eigenvalue weighted by Gasteiger charge is -2.40. The number of nitrogens with zero attached hydrogens (tertiary/aromatic N) is 3. The highest BCUT2D eigenvalue weighted by atomic mass is 16.3. The lowest BCUT2D eigenvalue weighted by atomic mass is 9.79. The Kier molecular flexibility index (Phi) is 4.10. The van der Waals surface area contributed by atoms with E-state index in [4.69, 9.17) is 4.42 Å². The van der Waals surface area contributed by atoms with Crippen molar-refractivity contribution in [1.82, 2.24) is 14.8 Å². The van der Waals surface area contributed by atoms with Crippen LogP contribution in [0.3, 0.4) is 0 Å². The molecule has 1 amide bonds. The Morgan fingerprint density at radius 3 is 2.96 bits per heavy atom. The molecule has 0 unspecified atom stereocenters. The van der Waals surface area contributed by atoms with Crippen LogP contribution in [0.4, 0.5) is 0 Å². The third kappa shape index (κ3) is 3.08. The van der Waals surface area contributed by atoms with E-state index in [-0.39, 0.29) is 11.3 Å². The average molecular weight is 325 g/mol. The highest BCUT2D eigenvalue weighted by Crippen LogP contribution is 2.39. The monoisotopic (exact) mass is 325 g/mol. The molecule has 2 aromatic heterocycles. The first kappa shape index (κ1) is 15.4. The van der Waals surface area contributed by atoms with E-state index in [1.165, 1.54) is 12.8 Å². The molecule has 0 bridgehead atoms. The summed E-state index contributed by atoms with van der Waals surface area (Å²) in [5, 5.41) is 0. The fourth-order valence-corrected chi connectivity index (χ4v) is 4.18. The number of pyridine rings is 1. The standard InChI is InChI=1S/C19H23N3O2/c23-18(16-5-11-24-13-16)22-10-7-19(15-22)6-3-9-21(14-19)12-17-4-1-2-8-20-17/h1-2,4-5,8,11,13H,3,6-7,9-10,12,14-15H2/t19-/m0/s1. The van der Waals surface area contributed by atoms with Crippen molar-refractivity contribution in [2.75, 3.05) is 26.2 Å². The number of rotatable bonds is 3. The van der Waals surface area contributed by atoms with Crippen LogP contribution in [0.25, 0.3) is 0 Å². The zero-order valence-corrected chi connectivity index (χ0v) is 13.9. The summed E-state index contributed by atoms with van der Waals surface area (Å²) in [7, 11) is 0. The van der Waals surface area contributed by atoms with Gasteiger partial charge in [0, 0.05) is 37.8 Å². The minimum atomic E-state index is 0.0995. The Morgan fingerprint density at radius 1 is 1.21 bits per heavy atom. The number of carbonyl (C=O) groups is 1. The molecule has 0 aromatic carbocycles. The maximum Gasteiger partial charge on any atom is 0.257 e. The summed E-state index contributed by atoms with van der Waals surface area (Å²) in [5.41, 5.74) is 2.03. The molecule has 2 aliphatic heterocycles. The maximum absolute atomic E-state index is 12.5. The van der Waals surface area contributed by atoms with Crippen molar-refractivity contribution in [3.63, 3.8) is 0 Å². The summed E-state index contributed by atoms with van der Waals surface area (Å²) < 4.78 is 5.05. The number of amides is 1. The van der Waals surface area contributed by atoms with Gasteiger partial charge in [0.2, 0.25) is 0 Å². The second-order valence-corrected chi connectivity index (χ2v) is 7.12. The van der Waals surface area contributed by atoms with Crippen molar-refractivity contribution in [2.45, 2.75) is 25.8 Å². The first-order valence-corrected chi connectivity index (χ1v) is 8.68. The van der Waals surface area contributed by atoms with Gasteiger partial charge in [0.15, 0.2) is 0 Å². The highest BCUT2D eigenvalue weighted by Gasteiger charge is 2.42. The number of aromatic nitrogens is 1. The number of hydrogen-bond donors (Lipinski definition) is 0. The Hall–Kier alpha value is -2.14. The van der Waals surface area contributed by atoms with E-state index in [2.05, 4.69) is 16.0 Å². The molecular formula is C19H23N3O2. The van der Waals surface area contributed by atoms with E-state index in [9.17, 15) is 4.79 Å². The molecule has 0 radical (unpaired) electrons. The van der Waals surface area contributed by atoms with Crippen LogP contribution in [0.5, 0.6) is 0 Å². The van der Waals surface area contributed by atoms with E-state index < -0.39 is 0 Å². The predicted molar refractivity (Wildman–Crippen MR) is 90.4 cm³/mol. The van der Waals surface area contributed by atoms with Crippen LogP contribution >= 0.6 is 0 Å². The molecule has 1 atom stereocenters. The first-order chi connectivity index (χ1) is 11.7. The molecule has 2 fully saturated rings. The largest absolute Gasteiger partial charge is 0.472 e. The number of likely N-dealkylation sites (tertiary alicyclic amines) is 2. The van der Waals surface area contributed by atoms with Crippen LogP contribution in [0.1, 0.15) is 35.3 Å². The van der Waals surface area contributed by atoms with Crippen LogP contribution < -0.4 is 0 Å². The molecule has 5 heteroatoms. The van der Waals surface area contributed by atoms with Crippen molar-refractivity contribution in [3.8, 4) is 0 Å². The van der Waals surface area contributed by atoms with Crippen molar-refractivity contribution in [2.24, 2.45) is 5.41 Å². The van der Waals surface area contributed by atoms with E-state index in [0.717, 1.165) is 44.8 Å². The van der Waals surface area contributed by atoms with Crippen LogP contribution in [-0.4, -0.2) is 46.9 Å². The molecule has 24 heavy (non-hydrogen) atoms. The Morgan fingerprint density at radius 2 is 2.17 bits per heavy atom. The molecule has 0 aliphatic carbocycles. The average Bonchev–Trinajstić information content (AvgIpc) is 3.26. The second kappa shape index (κ2) is 6.40. The SMILES string of the molecule is O=C(c1ccoc1)N1CC[C@]2(CCCN(Cc3ccccn3)C2)C1. The van der Waals surface area contributed by atoms with Crippen LogP contribution in [0, 0.1) is 5.41 Å². The van der Waals surface area contributed by atoms with E-state index in [1.807, 2.05) is 23.2 Å².